The van der Waals surface area contributed by atoms with E-state index in [2.05, 4.69) is 34.0 Å². The van der Waals surface area contributed by atoms with Crippen molar-refractivity contribution in [2.75, 3.05) is 26.7 Å². The number of benzene rings is 2. The Bertz CT molecular complexity index is 749. The van der Waals surface area contributed by atoms with Crippen LogP contribution >= 0.6 is 15.9 Å². The highest BCUT2D eigenvalue weighted by Crippen LogP contribution is 2.29. The number of carbonyl (C=O) groups excluding carboxylic acids is 1. The van der Waals surface area contributed by atoms with Gasteiger partial charge in [0.15, 0.2) is 5.78 Å². The van der Waals surface area contributed by atoms with Gasteiger partial charge >= 0.3 is 0 Å². The fourth-order valence-corrected chi connectivity index (χ4v) is 3.02. The molecule has 0 atom stereocenters. The molecule has 1 aliphatic carbocycles. The zero-order chi connectivity index (χ0) is 18.4. The van der Waals surface area contributed by atoms with Gasteiger partial charge in [0.05, 0.1) is 0 Å². The first-order valence-electron chi connectivity index (χ1n) is 8.98. The number of ketones is 1. The lowest BCUT2D eigenvalue weighted by Gasteiger charge is -2.12. The third-order valence-corrected chi connectivity index (χ3v) is 4.95. The second kappa shape index (κ2) is 9.15. The summed E-state index contributed by atoms with van der Waals surface area (Å²) >= 11 is 3.38. The Morgan fingerprint density at radius 1 is 1.08 bits per heavy atom. The first-order valence-corrected chi connectivity index (χ1v) is 9.78. The van der Waals surface area contributed by atoms with Gasteiger partial charge in [-0.3, -0.25) is 4.79 Å². The molecule has 0 spiro atoms. The summed E-state index contributed by atoms with van der Waals surface area (Å²) in [7, 11) is 2.16. The SMILES string of the molecule is CN(C/C=C/COc1ccc(C(=O)c2ccc(Br)cc2)cc1)CC1CC1. The van der Waals surface area contributed by atoms with Crippen molar-refractivity contribution in [2.45, 2.75) is 12.8 Å². The molecule has 0 heterocycles. The van der Waals surface area contributed by atoms with Gasteiger partial charge in [-0.1, -0.05) is 28.1 Å². The van der Waals surface area contributed by atoms with Crippen molar-refractivity contribution >= 4 is 21.7 Å². The molecule has 0 aromatic heterocycles. The maximum Gasteiger partial charge on any atom is 0.193 e. The van der Waals surface area contributed by atoms with Crippen LogP contribution in [0.1, 0.15) is 28.8 Å². The van der Waals surface area contributed by atoms with E-state index in [0.717, 1.165) is 22.7 Å². The third kappa shape index (κ3) is 5.82. The normalized spacial score (nSPS) is 14.1. The predicted octanol–water partition coefficient (Wildman–Crippen LogP) is 4.96. The average molecular weight is 414 g/mol. The largest absolute Gasteiger partial charge is 0.490 e. The summed E-state index contributed by atoms with van der Waals surface area (Å²) in [5.74, 6) is 1.71. The van der Waals surface area contributed by atoms with Gasteiger partial charge in [-0.2, -0.15) is 0 Å². The van der Waals surface area contributed by atoms with Crippen LogP contribution in [0, 0.1) is 5.92 Å². The highest BCUT2D eigenvalue weighted by Gasteiger charge is 2.22. The van der Waals surface area contributed by atoms with Gasteiger partial charge in [-0.15, -0.1) is 0 Å². The molecule has 0 bridgehead atoms. The molecule has 0 N–H and O–H groups in total. The van der Waals surface area contributed by atoms with Crippen molar-refractivity contribution in [3.63, 3.8) is 0 Å². The van der Waals surface area contributed by atoms with E-state index in [1.165, 1.54) is 19.4 Å². The Kier molecular flexibility index (Phi) is 6.64. The quantitative estimate of drug-likeness (QED) is 0.429. The molecule has 4 heteroatoms. The van der Waals surface area contributed by atoms with E-state index in [1.807, 2.05) is 54.6 Å². The molecule has 1 saturated carbocycles. The Balaban J connectivity index is 1.45. The first kappa shape index (κ1) is 18.9. The zero-order valence-electron chi connectivity index (χ0n) is 15.0. The van der Waals surface area contributed by atoms with E-state index in [9.17, 15) is 4.79 Å². The predicted molar refractivity (Wildman–Crippen MR) is 109 cm³/mol. The van der Waals surface area contributed by atoms with E-state index in [4.69, 9.17) is 4.74 Å². The van der Waals surface area contributed by atoms with Crippen molar-refractivity contribution in [1.82, 2.24) is 4.90 Å². The number of ether oxygens (including phenoxy) is 1. The van der Waals surface area contributed by atoms with Gasteiger partial charge in [0, 0.05) is 28.7 Å². The molecule has 3 nitrogen and oxygen atoms in total. The lowest BCUT2D eigenvalue weighted by atomic mass is 10.0. The minimum absolute atomic E-state index is 0.0163. The molecule has 1 aliphatic rings. The number of carbonyl (C=O) groups is 1. The summed E-state index contributed by atoms with van der Waals surface area (Å²) in [5, 5.41) is 0. The van der Waals surface area contributed by atoms with Crippen LogP contribution in [0.5, 0.6) is 5.75 Å². The van der Waals surface area contributed by atoms with Crippen LogP contribution in [-0.4, -0.2) is 37.4 Å². The van der Waals surface area contributed by atoms with Crippen molar-refractivity contribution in [2.24, 2.45) is 5.92 Å². The summed E-state index contributed by atoms with van der Waals surface area (Å²) in [5.41, 5.74) is 1.34. The standard InChI is InChI=1S/C22H24BrNO2/c1-24(16-17-4-5-17)14-2-3-15-26-21-12-8-19(9-13-21)22(25)18-6-10-20(23)11-7-18/h2-3,6-13,17H,4-5,14-16H2,1H3/b3-2+. The highest BCUT2D eigenvalue weighted by atomic mass is 79.9. The summed E-state index contributed by atoms with van der Waals surface area (Å²) < 4.78 is 6.68. The number of hydrogen-bond donors (Lipinski definition) is 0. The van der Waals surface area contributed by atoms with E-state index >= 15 is 0 Å². The Hall–Kier alpha value is -1.91. The van der Waals surface area contributed by atoms with Crippen molar-refractivity contribution in [3.8, 4) is 5.75 Å². The second-order valence-corrected chi connectivity index (χ2v) is 7.72. The zero-order valence-corrected chi connectivity index (χ0v) is 16.6. The number of rotatable bonds is 9. The third-order valence-electron chi connectivity index (χ3n) is 4.42. The lowest BCUT2D eigenvalue weighted by molar-refractivity contribution is 0.103. The minimum Gasteiger partial charge on any atom is -0.490 e. The fourth-order valence-electron chi connectivity index (χ4n) is 2.75. The van der Waals surface area contributed by atoms with Gasteiger partial charge in [-0.05, 0) is 74.3 Å². The summed E-state index contributed by atoms with van der Waals surface area (Å²) in [4.78, 5) is 14.8. The molecule has 0 saturated heterocycles. The number of halogens is 1. The summed E-state index contributed by atoms with van der Waals surface area (Å²) in [6.45, 7) is 2.69. The van der Waals surface area contributed by atoms with Crippen LogP contribution in [0.3, 0.4) is 0 Å². The van der Waals surface area contributed by atoms with Crippen LogP contribution in [0.15, 0.2) is 65.2 Å². The molecule has 0 amide bonds. The first-order chi connectivity index (χ1) is 12.6. The smallest absolute Gasteiger partial charge is 0.193 e. The molecule has 0 unspecified atom stereocenters. The van der Waals surface area contributed by atoms with Gasteiger partial charge in [0.25, 0.3) is 0 Å². The maximum absolute atomic E-state index is 12.4. The van der Waals surface area contributed by atoms with Gasteiger partial charge in [-0.25, -0.2) is 0 Å². The van der Waals surface area contributed by atoms with Gasteiger partial charge in [0.2, 0.25) is 0 Å². The molecule has 0 radical (unpaired) electrons. The molecule has 26 heavy (non-hydrogen) atoms. The van der Waals surface area contributed by atoms with Gasteiger partial charge in [0.1, 0.15) is 12.4 Å². The van der Waals surface area contributed by atoms with Crippen molar-refractivity contribution in [3.05, 3.63) is 76.3 Å². The topological polar surface area (TPSA) is 29.5 Å². The molecule has 1 fully saturated rings. The van der Waals surface area contributed by atoms with Crippen molar-refractivity contribution in [1.29, 1.82) is 0 Å². The van der Waals surface area contributed by atoms with E-state index in [1.54, 1.807) is 0 Å². The molecular weight excluding hydrogens is 390 g/mol. The molecule has 136 valence electrons. The van der Waals surface area contributed by atoms with Crippen LogP contribution in [-0.2, 0) is 0 Å². The molecule has 2 aromatic carbocycles. The monoisotopic (exact) mass is 413 g/mol. The van der Waals surface area contributed by atoms with Crippen LogP contribution in [0.2, 0.25) is 0 Å². The van der Waals surface area contributed by atoms with Crippen molar-refractivity contribution < 1.29 is 9.53 Å². The maximum atomic E-state index is 12.4. The second-order valence-electron chi connectivity index (χ2n) is 6.81. The minimum atomic E-state index is 0.0163. The summed E-state index contributed by atoms with van der Waals surface area (Å²) in [6, 6.07) is 14.7. The van der Waals surface area contributed by atoms with Crippen LogP contribution < -0.4 is 4.74 Å². The number of likely N-dealkylation sites (N-methyl/N-ethyl adjacent to an activating group) is 1. The Morgan fingerprint density at radius 2 is 1.69 bits per heavy atom. The molecule has 3 rings (SSSR count). The molecule has 0 aliphatic heterocycles. The van der Waals surface area contributed by atoms with E-state index < -0.39 is 0 Å². The Morgan fingerprint density at radius 3 is 2.31 bits per heavy atom. The highest BCUT2D eigenvalue weighted by molar-refractivity contribution is 9.10. The van der Waals surface area contributed by atoms with Crippen LogP contribution in [0.4, 0.5) is 0 Å². The number of hydrogen-bond acceptors (Lipinski definition) is 3. The Labute approximate surface area is 163 Å². The average Bonchev–Trinajstić information content (AvgIpc) is 3.46. The number of nitrogens with zero attached hydrogens (tertiary/aromatic N) is 1. The van der Waals surface area contributed by atoms with Gasteiger partial charge < -0.3 is 9.64 Å². The fraction of sp³-hybridized carbons (Fsp3) is 0.318. The summed E-state index contributed by atoms with van der Waals surface area (Å²) in [6.07, 6.45) is 6.97. The molecular formula is C22H24BrNO2. The van der Waals surface area contributed by atoms with E-state index in [0.29, 0.717) is 17.7 Å². The van der Waals surface area contributed by atoms with Crippen LogP contribution in [0.25, 0.3) is 0 Å². The van der Waals surface area contributed by atoms with E-state index in [-0.39, 0.29) is 5.78 Å². The molecule has 2 aromatic rings. The lowest BCUT2D eigenvalue weighted by Crippen LogP contribution is -2.20.